The van der Waals surface area contributed by atoms with Crippen molar-refractivity contribution in [3.05, 3.63) is 30.3 Å². The summed E-state index contributed by atoms with van der Waals surface area (Å²) < 4.78 is 22.7. The highest BCUT2D eigenvalue weighted by Gasteiger charge is 2.35. The van der Waals surface area contributed by atoms with Crippen LogP contribution in [-0.2, 0) is 4.79 Å². The van der Waals surface area contributed by atoms with E-state index < -0.39 is 20.7 Å². The molecule has 0 aliphatic rings. The lowest BCUT2D eigenvalue weighted by atomic mass is 10.1. The first kappa shape index (κ1) is 12.8. The third-order valence-electron chi connectivity index (χ3n) is 4.30. The average molecular weight is 294 g/mol. The first-order chi connectivity index (χ1) is 10.7. The summed E-state index contributed by atoms with van der Waals surface area (Å²) in [6.45, 7) is 3.94. The molecule has 112 valence electrons. The maximum absolute atomic E-state index is 12.6. The molecule has 0 aliphatic carbocycles. The molecule has 1 nitrogen and oxygen atoms in total. The highest BCUT2D eigenvalue weighted by Crippen LogP contribution is 2.29. The Hall–Kier alpha value is -0.893. The van der Waals surface area contributed by atoms with E-state index in [2.05, 4.69) is 20.0 Å². The molecule has 0 radical (unpaired) electrons. The minimum Gasteiger partial charge on any atom is -0.300 e. The van der Waals surface area contributed by atoms with Gasteiger partial charge in [-0.05, 0) is 13.3 Å². The summed E-state index contributed by atoms with van der Waals surface area (Å²) in [5.41, 5.74) is -0.334. The van der Waals surface area contributed by atoms with Crippen molar-refractivity contribution in [3.8, 4) is 0 Å². The van der Waals surface area contributed by atoms with Crippen LogP contribution in [0.1, 0.15) is 56.4 Å². The monoisotopic (exact) mass is 293 g/mol. The quantitative estimate of drug-likeness (QED) is 0.466. The van der Waals surface area contributed by atoms with Crippen molar-refractivity contribution in [1.29, 1.82) is 0 Å². The van der Waals surface area contributed by atoms with E-state index in [1.807, 2.05) is 30.3 Å². The zero-order valence-corrected chi connectivity index (χ0v) is 14.1. The van der Waals surface area contributed by atoms with Crippen LogP contribution in [0.2, 0.25) is 18.6 Å². The Bertz CT molecular complexity index is 483. The van der Waals surface area contributed by atoms with Gasteiger partial charge in [0, 0.05) is 9.65 Å². The summed E-state index contributed by atoms with van der Waals surface area (Å²) in [7, 11) is -2.16. The van der Waals surface area contributed by atoms with Gasteiger partial charge in [-0.2, -0.15) is 0 Å². The van der Waals surface area contributed by atoms with Gasteiger partial charge in [-0.1, -0.05) is 87.6 Å². The van der Waals surface area contributed by atoms with Crippen LogP contribution in [0, 0.1) is 0 Å². The Kier molecular flexibility index (Phi) is 5.39. The molecule has 0 heterocycles. The molecule has 1 atom stereocenters. The Morgan fingerprint density at radius 1 is 1.15 bits per heavy atom. The van der Waals surface area contributed by atoms with Crippen molar-refractivity contribution in [2.75, 3.05) is 0 Å². The lowest BCUT2D eigenvalue weighted by Crippen LogP contribution is -2.48. The lowest BCUT2D eigenvalue weighted by Gasteiger charge is -2.31. The van der Waals surface area contributed by atoms with Gasteiger partial charge >= 0.3 is 0 Å². The van der Waals surface area contributed by atoms with Gasteiger partial charge in [0.1, 0.15) is 5.78 Å². The van der Waals surface area contributed by atoms with Gasteiger partial charge in [0.2, 0.25) is 0 Å². The van der Waals surface area contributed by atoms with Gasteiger partial charge in [-0.15, -0.1) is 0 Å². The van der Waals surface area contributed by atoms with Gasteiger partial charge in [0.15, 0.2) is 0 Å². The number of benzene rings is 1. The van der Waals surface area contributed by atoms with Gasteiger partial charge in [-0.25, -0.2) is 0 Å². The number of rotatable bonds is 9. The standard InChI is InChI=1S/C18H30OSi/c1-5-6-7-8-12-15-18(16(2)19)20(3,4)17-13-10-9-11-14-17/h9-11,13-14,18H,5-8,12,15H2,1-4H3/i2D3. The van der Waals surface area contributed by atoms with Crippen LogP contribution in [0.15, 0.2) is 30.3 Å². The molecule has 0 spiro atoms. The zero-order valence-electron chi connectivity index (χ0n) is 16.1. The third-order valence-corrected chi connectivity index (χ3v) is 8.42. The van der Waals surface area contributed by atoms with E-state index >= 15 is 0 Å². The van der Waals surface area contributed by atoms with E-state index in [4.69, 9.17) is 4.11 Å². The number of hydrogen-bond acceptors (Lipinski definition) is 1. The molecule has 0 aromatic heterocycles. The highest BCUT2D eigenvalue weighted by molar-refractivity contribution is 6.93. The zero-order chi connectivity index (χ0) is 17.5. The smallest absolute Gasteiger partial charge is 0.130 e. The van der Waals surface area contributed by atoms with Crippen molar-refractivity contribution in [3.63, 3.8) is 0 Å². The minimum absolute atomic E-state index is 0.334. The van der Waals surface area contributed by atoms with Crippen LogP contribution in [0.4, 0.5) is 0 Å². The van der Waals surface area contributed by atoms with Crippen molar-refractivity contribution < 1.29 is 8.91 Å². The molecule has 1 aromatic rings. The normalized spacial score (nSPS) is 16.1. The van der Waals surface area contributed by atoms with Crippen LogP contribution >= 0.6 is 0 Å². The molecule has 0 aliphatic heterocycles. The molecule has 0 fully saturated rings. The van der Waals surface area contributed by atoms with E-state index in [0.29, 0.717) is 6.42 Å². The van der Waals surface area contributed by atoms with E-state index in [1.165, 1.54) is 19.3 Å². The fourth-order valence-corrected chi connectivity index (χ4v) is 5.88. The Balaban J connectivity index is 2.92. The Labute approximate surface area is 130 Å². The molecule has 1 unspecified atom stereocenters. The van der Waals surface area contributed by atoms with E-state index in [1.54, 1.807) is 0 Å². The number of hydrogen-bond donors (Lipinski definition) is 0. The Morgan fingerprint density at radius 2 is 1.80 bits per heavy atom. The van der Waals surface area contributed by atoms with Crippen molar-refractivity contribution in [1.82, 2.24) is 0 Å². The SMILES string of the molecule is [2H]C([2H])([2H])C(=O)C(CCCCCCC)[Si](C)(C)c1ccccc1. The van der Waals surface area contributed by atoms with Crippen LogP contribution in [0.3, 0.4) is 0 Å². The van der Waals surface area contributed by atoms with Crippen LogP contribution in [0.5, 0.6) is 0 Å². The molecule has 1 aromatic carbocycles. The minimum atomic E-state index is -2.49. The molecule has 0 amide bonds. The number of unbranched alkanes of at least 4 members (excludes halogenated alkanes) is 4. The van der Waals surface area contributed by atoms with Crippen molar-refractivity contribution in [2.45, 2.75) is 70.9 Å². The average Bonchev–Trinajstić information content (AvgIpc) is 2.50. The second-order valence-corrected chi connectivity index (χ2v) is 10.9. The number of ketones is 1. The summed E-state index contributed by atoms with van der Waals surface area (Å²) in [4.78, 5) is 12.6. The second kappa shape index (κ2) is 8.41. The predicted molar refractivity (Wildman–Crippen MR) is 91.4 cm³/mol. The summed E-state index contributed by atoms with van der Waals surface area (Å²) in [5, 5.41) is 1.16. The largest absolute Gasteiger partial charge is 0.300 e. The summed E-state index contributed by atoms with van der Waals surface area (Å²) in [6, 6.07) is 10.00. The molecule has 0 bridgehead atoms. The highest BCUT2D eigenvalue weighted by atomic mass is 28.3. The first-order valence-corrected chi connectivity index (χ1v) is 10.9. The fourth-order valence-electron chi connectivity index (χ4n) is 2.84. The van der Waals surface area contributed by atoms with Gasteiger partial charge < -0.3 is 4.79 Å². The number of Topliss-reactive ketones (excluding diaryl/α,β-unsaturated/α-hetero) is 1. The van der Waals surface area contributed by atoms with Crippen LogP contribution in [-0.4, -0.2) is 13.9 Å². The molecule has 0 saturated carbocycles. The van der Waals surface area contributed by atoms with E-state index in [-0.39, 0.29) is 5.54 Å². The first-order valence-electron chi connectivity index (χ1n) is 9.31. The van der Waals surface area contributed by atoms with Crippen LogP contribution < -0.4 is 5.19 Å². The molecule has 1 rings (SSSR count). The fraction of sp³-hybridized carbons (Fsp3) is 0.611. The number of carbonyl (C=O) groups is 1. The molecule has 2 heteroatoms. The summed E-state index contributed by atoms with van der Waals surface area (Å²) in [5.74, 6) is -0.534. The molecular formula is C18H30OSi. The maximum atomic E-state index is 12.6. The number of carbonyl (C=O) groups excluding carboxylic acids is 1. The van der Waals surface area contributed by atoms with Crippen LogP contribution in [0.25, 0.3) is 0 Å². The summed E-state index contributed by atoms with van der Waals surface area (Å²) in [6.07, 6.45) is 6.28. The summed E-state index contributed by atoms with van der Waals surface area (Å²) >= 11 is 0. The predicted octanol–water partition coefficient (Wildman–Crippen LogP) is 4.92. The van der Waals surface area contributed by atoms with Gasteiger partial charge in [-0.3, -0.25) is 0 Å². The lowest BCUT2D eigenvalue weighted by molar-refractivity contribution is -0.117. The Morgan fingerprint density at radius 3 is 2.40 bits per heavy atom. The third kappa shape index (κ3) is 4.90. The van der Waals surface area contributed by atoms with Gasteiger partial charge in [0.05, 0.1) is 8.07 Å². The van der Waals surface area contributed by atoms with Crippen molar-refractivity contribution >= 4 is 19.0 Å². The van der Waals surface area contributed by atoms with E-state index in [0.717, 1.165) is 18.0 Å². The molecule has 0 saturated heterocycles. The molecule has 0 N–H and O–H groups in total. The van der Waals surface area contributed by atoms with E-state index in [9.17, 15) is 4.79 Å². The molecule has 20 heavy (non-hydrogen) atoms. The molecular weight excluding hydrogens is 260 g/mol. The second-order valence-electron chi connectivity index (χ2n) is 6.21. The maximum Gasteiger partial charge on any atom is 0.130 e. The topological polar surface area (TPSA) is 17.1 Å². The van der Waals surface area contributed by atoms with Crippen molar-refractivity contribution in [2.24, 2.45) is 0 Å². The van der Waals surface area contributed by atoms with Gasteiger partial charge in [0.25, 0.3) is 0 Å².